The van der Waals surface area contributed by atoms with Crippen LogP contribution in [0.25, 0.3) is 0 Å². The average Bonchev–Trinajstić information content (AvgIpc) is 3.04. The number of hydrogen-bond acceptors (Lipinski definition) is 3. The number of aliphatic hydroxyl groups excluding tert-OH is 1. The monoisotopic (exact) mass is 444 g/mol. The molecule has 184 valence electrons. The van der Waals surface area contributed by atoms with Crippen molar-refractivity contribution in [1.29, 1.82) is 0 Å². The molecule has 10 atom stereocenters. The van der Waals surface area contributed by atoms with Crippen molar-refractivity contribution in [2.75, 3.05) is 27.2 Å². The summed E-state index contributed by atoms with van der Waals surface area (Å²) in [7, 11) is 4.56. The SMILES string of the molecule is CC(C)C1CN(C2CC[C@@]3(C)C(CC[C@H]4[C@@H]5CC[C@H](C(C)N(C)C)[C@@]5(C)CC[C@@H]43)C2O)C1. The minimum Gasteiger partial charge on any atom is -0.391 e. The van der Waals surface area contributed by atoms with Crippen molar-refractivity contribution in [3.63, 3.8) is 0 Å². The molecule has 5 aliphatic rings. The second-order valence-corrected chi connectivity index (χ2v) is 14.1. The molecule has 1 aliphatic heterocycles. The van der Waals surface area contributed by atoms with E-state index in [0.29, 0.717) is 28.8 Å². The van der Waals surface area contributed by atoms with Crippen LogP contribution in [0.15, 0.2) is 0 Å². The highest BCUT2D eigenvalue weighted by Gasteiger charge is 2.62. The van der Waals surface area contributed by atoms with Crippen LogP contribution in [0.3, 0.4) is 0 Å². The van der Waals surface area contributed by atoms with E-state index in [2.05, 4.69) is 58.5 Å². The van der Waals surface area contributed by atoms with Crippen LogP contribution in [0, 0.1) is 52.3 Å². The second-order valence-electron chi connectivity index (χ2n) is 14.1. The number of hydrogen-bond donors (Lipinski definition) is 1. The van der Waals surface area contributed by atoms with E-state index in [9.17, 15) is 5.11 Å². The topological polar surface area (TPSA) is 26.7 Å². The van der Waals surface area contributed by atoms with Gasteiger partial charge in [-0.2, -0.15) is 0 Å². The molecule has 1 N–H and O–H groups in total. The molecule has 0 aromatic carbocycles. The molecule has 4 aliphatic carbocycles. The summed E-state index contributed by atoms with van der Waals surface area (Å²) in [4.78, 5) is 5.11. The second kappa shape index (κ2) is 8.23. The zero-order valence-electron chi connectivity index (χ0n) is 22.2. The van der Waals surface area contributed by atoms with Gasteiger partial charge in [0.1, 0.15) is 0 Å². The van der Waals surface area contributed by atoms with Crippen LogP contribution in [-0.2, 0) is 0 Å². The lowest BCUT2D eigenvalue weighted by Crippen LogP contribution is -2.64. The van der Waals surface area contributed by atoms with Gasteiger partial charge in [-0.1, -0.05) is 27.7 Å². The quantitative estimate of drug-likeness (QED) is 0.618. The van der Waals surface area contributed by atoms with Gasteiger partial charge in [-0.3, -0.25) is 4.90 Å². The van der Waals surface area contributed by atoms with E-state index >= 15 is 0 Å². The van der Waals surface area contributed by atoms with E-state index in [1.807, 2.05) is 0 Å². The predicted molar refractivity (Wildman–Crippen MR) is 133 cm³/mol. The van der Waals surface area contributed by atoms with Gasteiger partial charge in [0.25, 0.3) is 0 Å². The Morgan fingerprint density at radius 3 is 2.09 bits per heavy atom. The Bertz CT molecular complexity index is 687. The van der Waals surface area contributed by atoms with Gasteiger partial charge in [-0.15, -0.1) is 0 Å². The molecular formula is C29H52N2O. The number of rotatable bonds is 4. The lowest BCUT2D eigenvalue weighted by atomic mass is 9.44. The summed E-state index contributed by atoms with van der Waals surface area (Å²) in [6.45, 7) is 14.9. The minimum absolute atomic E-state index is 0.0961. The van der Waals surface area contributed by atoms with Crippen LogP contribution in [0.1, 0.15) is 86.0 Å². The van der Waals surface area contributed by atoms with E-state index in [4.69, 9.17) is 0 Å². The summed E-state index contributed by atoms with van der Waals surface area (Å²) in [5.74, 6) is 5.70. The fraction of sp³-hybridized carbons (Fsp3) is 1.00. The molecule has 0 aromatic heterocycles. The van der Waals surface area contributed by atoms with E-state index in [-0.39, 0.29) is 6.10 Å². The third-order valence-corrected chi connectivity index (χ3v) is 12.5. The molecule has 0 bridgehead atoms. The molecule has 32 heavy (non-hydrogen) atoms. The summed E-state index contributed by atoms with van der Waals surface area (Å²) in [6, 6.07) is 1.13. The molecule has 1 saturated heterocycles. The maximum absolute atomic E-state index is 11.6. The van der Waals surface area contributed by atoms with Gasteiger partial charge in [0.15, 0.2) is 0 Å². The predicted octanol–water partition coefficient (Wildman–Crippen LogP) is 5.52. The van der Waals surface area contributed by atoms with E-state index in [1.54, 1.807) is 0 Å². The maximum Gasteiger partial charge on any atom is 0.0728 e. The third-order valence-electron chi connectivity index (χ3n) is 12.5. The summed E-state index contributed by atoms with van der Waals surface area (Å²) in [5, 5.41) is 11.6. The summed E-state index contributed by atoms with van der Waals surface area (Å²) in [5.41, 5.74) is 0.904. The van der Waals surface area contributed by atoms with Crippen LogP contribution in [0.2, 0.25) is 0 Å². The highest BCUT2D eigenvalue weighted by Crippen LogP contribution is 2.68. The Morgan fingerprint density at radius 2 is 1.44 bits per heavy atom. The number of aliphatic hydroxyl groups is 1. The van der Waals surface area contributed by atoms with Crippen molar-refractivity contribution in [2.24, 2.45) is 52.3 Å². The molecule has 0 spiro atoms. The van der Waals surface area contributed by atoms with E-state index in [0.717, 1.165) is 35.5 Å². The molecule has 4 saturated carbocycles. The van der Waals surface area contributed by atoms with Crippen LogP contribution < -0.4 is 0 Å². The van der Waals surface area contributed by atoms with Crippen molar-refractivity contribution in [2.45, 2.75) is 104 Å². The summed E-state index contributed by atoms with van der Waals surface area (Å²) in [6.07, 6.45) is 10.9. The largest absolute Gasteiger partial charge is 0.391 e. The Hall–Kier alpha value is -0.120. The highest BCUT2D eigenvalue weighted by molar-refractivity contribution is 5.12. The zero-order valence-corrected chi connectivity index (χ0v) is 22.2. The normalized spacial score (nSPS) is 50.6. The van der Waals surface area contributed by atoms with Crippen LogP contribution in [0.5, 0.6) is 0 Å². The van der Waals surface area contributed by atoms with Gasteiger partial charge in [0, 0.05) is 25.2 Å². The molecule has 5 fully saturated rings. The Kier molecular flexibility index (Phi) is 6.07. The van der Waals surface area contributed by atoms with E-state index in [1.165, 1.54) is 64.5 Å². The highest BCUT2D eigenvalue weighted by atomic mass is 16.3. The van der Waals surface area contributed by atoms with Crippen molar-refractivity contribution in [3.8, 4) is 0 Å². The van der Waals surface area contributed by atoms with Gasteiger partial charge in [-0.05, 0) is 125 Å². The van der Waals surface area contributed by atoms with Crippen molar-refractivity contribution in [1.82, 2.24) is 9.80 Å². The first-order valence-corrected chi connectivity index (χ1v) is 14.2. The smallest absolute Gasteiger partial charge is 0.0728 e. The third kappa shape index (κ3) is 3.38. The summed E-state index contributed by atoms with van der Waals surface area (Å²) < 4.78 is 0. The van der Waals surface area contributed by atoms with Crippen LogP contribution >= 0.6 is 0 Å². The van der Waals surface area contributed by atoms with Gasteiger partial charge in [0.2, 0.25) is 0 Å². The lowest BCUT2D eigenvalue weighted by molar-refractivity contribution is -0.174. The fourth-order valence-corrected chi connectivity index (χ4v) is 10.1. The van der Waals surface area contributed by atoms with E-state index < -0.39 is 0 Å². The first kappa shape index (κ1) is 23.6. The van der Waals surface area contributed by atoms with Crippen LogP contribution in [0.4, 0.5) is 0 Å². The molecule has 3 nitrogen and oxygen atoms in total. The van der Waals surface area contributed by atoms with Crippen molar-refractivity contribution in [3.05, 3.63) is 0 Å². The lowest BCUT2D eigenvalue weighted by Gasteiger charge is -2.63. The van der Waals surface area contributed by atoms with Crippen molar-refractivity contribution < 1.29 is 5.11 Å². The Balaban J connectivity index is 1.31. The molecular weight excluding hydrogens is 392 g/mol. The van der Waals surface area contributed by atoms with Crippen molar-refractivity contribution >= 4 is 0 Å². The van der Waals surface area contributed by atoms with Crippen LogP contribution in [-0.4, -0.2) is 60.3 Å². The fourth-order valence-electron chi connectivity index (χ4n) is 10.1. The van der Waals surface area contributed by atoms with Gasteiger partial charge in [-0.25, -0.2) is 0 Å². The van der Waals surface area contributed by atoms with Gasteiger partial charge < -0.3 is 10.0 Å². The summed E-state index contributed by atoms with van der Waals surface area (Å²) >= 11 is 0. The number of fused-ring (bicyclic) bond motifs is 5. The molecule has 5 rings (SSSR count). The van der Waals surface area contributed by atoms with Gasteiger partial charge >= 0.3 is 0 Å². The standard InChI is InChI=1S/C29H52N2O/c1-18(2)20-16-31(17-20)26-13-15-29(5)24-12-14-28(4)22(19(3)30(6)7)10-11-23(28)21(24)8-9-25(29)27(26)32/h18-27,32H,8-17H2,1-7H3/t19?,21-,22+,23-,24-,25?,26?,27?,28+,29+/m0/s1. The first-order chi connectivity index (χ1) is 15.1. The Labute approximate surface area is 198 Å². The minimum atomic E-state index is -0.0961. The Morgan fingerprint density at radius 1 is 0.812 bits per heavy atom. The number of nitrogens with zero attached hydrogens (tertiary/aromatic N) is 2. The molecule has 0 aromatic rings. The first-order valence-electron chi connectivity index (χ1n) is 14.2. The molecule has 3 heteroatoms. The molecule has 0 radical (unpaired) electrons. The number of likely N-dealkylation sites (tertiary alicyclic amines) is 1. The maximum atomic E-state index is 11.6. The molecule has 4 unspecified atom stereocenters. The van der Waals surface area contributed by atoms with Gasteiger partial charge in [0.05, 0.1) is 6.10 Å². The molecule has 0 amide bonds. The molecule has 1 heterocycles. The average molecular weight is 445 g/mol. The zero-order chi connectivity index (χ0) is 23.0.